The molecule has 0 unspecified atom stereocenters. The lowest BCUT2D eigenvalue weighted by atomic mass is 10.2. The molecule has 1 N–H and O–H groups in total. The molecule has 7 nitrogen and oxygen atoms in total. The Morgan fingerprint density at radius 2 is 1.87 bits per heavy atom. The summed E-state index contributed by atoms with van der Waals surface area (Å²) in [6, 6.07) is 6.87. The Morgan fingerprint density at radius 3 is 2.40 bits per heavy atom. The normalized spacial score (nSPS) is 14.7. The number of guanidine groups is 1. The Hall–Kier alpha value is -0.910. The zero-order valence-electron chi connectivity index (χ0n) is 18.8. The van der Waals surface area contributed by atoms with Crippen LogP contribution in [0.3, 0.4) is 0 Å². The molecule has 1 aliphatic rings. The summed E-state index contributed by atoms with van der Waals surface area (Å²) < 4.78 is 32.2. The number of sulfonamides is 1. The molecule has 30 heavy (non-hydrogen) atoms. The van der Waals surface area contributed by atoms with Crippen molar-refractivity contribution >= 4 is 40.0 Å². The lowest BCUT2D eigenvalue weighted by molar-refractivity contribution is 0.115. The number of aliphatic imine (C=N–C) groups is 1. The molecule has 0 amide bonds. The molecular formula is C21H37IN4O3S. The van der Waals surface area contributed by atoms with E-state index in [2.05, 4.69) is 15.2 Å². The molecule has 0 aromatic heterocycles. The number of hydrogen-bond donors (Lipinski definition) is 1. The Kier molecular flexibility index (Phi) is 11.6. The van der Waals surface area contributed by atoms with Crippen LogP contribution in [0.25, 0.3) is 0 Å². The fourth-order valence-corrected chi connectivity index (χ4v) is 4.06. The van der Waals surface area contributed by atoms with Gasteiger partial charge in [-0.2, -0.15) is 4.31 Å². The fourth-order valence-electron chi connectivity index (χ4n) is 2.69. The number of rotatable bonds is 11. The third kappa shape index (κ3) is 8.32. The van der Waals surface area contributed by atoms with Crippen LogP contribution in [0.1, 0.15) is 39.2 Å². The van der Waals surface area contributed by atoms with Gasteiger partial charge in [-0.3, -0.25) is 0 Å². The topological polar surface area (TPSA) is 74.2 Å². The van der Waals surface area contributed by atoms with Crippen molar-refractivity contribution in [2.75, 3.05) is 40.4 Å². The van der Waals surface area contributed by atoms with E-state index in [1.54, 1.807) is 19.2 Å². The van der Waals surface area contributed by atoms with Gasteiger partial charge < -0.3 is 15.0 Å². The van der Waals surface area contributed by atoms with Crippen LogP contribution in [0.15, 0.2) is 34.2 Å². The summed E-state index contributed by atoms with van der Waals surface area (Å²) in [5.41, 5.74) is 0.963. The molecule has 0 aliphatic heterocycles. The lowest BCUT2D eigenvalue weighted by Gasteiger charge is -2.22. The summed E-state index contributed by atoms with van der Waals surface area (Å²) in [5.74, 6) is 1.59. The highest BCUT2D eigenvalue weighted by Crippen LogP contribution is 2.28. The first-order valence-corrected chi connectivity index (χ1v) is 11.8. The van der Waals surface area contributed by atoms with E-state index >= 15 is 0 Å². The van der Waals surface area contributed by atoms with Crippen molar-refractivity contribution in [2.24, 2.45) is 10.9 Å². The summed E-state index contributed by atoms with van der Waals surface area (Å²) in [6.07, 6.45) is 2.60. The molecule has 1 aromatic carbocycles. The van der Waals surface area contributed by atoms with Crippen LogP contribution in [0.5, 0.6) is 0 Å². The number of nitrogens with one attached hydrogen (secondary N) is 1. The Labute approximate surface area is 199 Å². The second-order valence-electron chi connectivity index (χ2n) is 7.87. The van der Waals surface area contributed by atoms with Gasteiger partial charge in [-0.15, -0.1) is 24.0 Å². The van der Waals surface area contributed by atoms with E-state index in [0.29, 0.717) is 18.0 Å². The van der Waals surface area contributed by atoms with E-state index in [-0.39, 0.29) is 30.0 Å². The van der Waals surface area contributed by atoms with Gasteiger partial charge in [0.05, 0.1) is 18.0 Å². The predicted octanol–water partition coefficient (Wildman–Crippen LogP) is 3.16. The average molecular weight is 553 g/mol. The van der Waals surface area contributed by atoms with Crippen LogP contribution in [-0.2, 0) is 21.3 Å². The molecule has 0 saturated heterocycles. The molecule has 1 aromatic rings. The third-order valence-electron chi connectivity index (χ3n) is 5.06. The van der Waals surface area contributed by atoms with Crippen molar-refractivity contribution < 1.29 is 13.2 Å². The first kappa shape index (κ1) is 27.1. The second-order valence-corrected chi connectivity index (χ2v) is 9.87. The van der Waals surface area contributed by atoms with E-state index in [1.807, 2.05) is 40.0 Å². The molecule has 1 aliphatic carbocycles. The van der Waals surface area contributed by atoms with E-state index in [4.69, 9.17) is 4.74 Å². The van der Waals surface area contributed by atoms with Crippen molar-refractivity contribution in [3.63, 3.8) is 0 Å². The van der Waals surface area contributed by atoms with E-state index < -0.39 is 10.0 Å². The molecule has 0 radical (unpaired) electrons. The number of ether oxygens (including phenoxy) is 1. The highest BCUT2D eigenvalue weighted by molar-refractivity contribution is 14.0. The SMILES string of the molecule is CCNC(=NCc1ccc(S(=O)(=O)N(C)C(C)C)cc1)N(C)CCOCC1CC1.I. The van der Waals surface area contributed by atoms with Gasteiger partial charge in [0.1, 0.15) is 0 Å². The van der Waals surface area contributed by atoms with Crippen LogP contribution >= 0.6 is 24.0 Å². The Balaban J connectivity index is 0.00000450. The van der Waals surface area contributed by atoms with Crippen molar-refractivity contribution in [3.05, 3.63) is 29.8 Å². The van der Waals surface area contributed by atoms with Gasteiger partial charge in [0.15, 0.2) is 5.96 Å². The summed E-state index contributed by atoms with van der Waals surface area (Å²) in [5, 5.41) is 3.30. The van der Waals surface area contributed by atoms with Crippen LogP contribution in [0.2, 0.25) is 0 Å². The first-order chi connectivity index (χ1) is 13.8. The zero-order valence-corrected chi connectivity index (χ0v) is 21.9. The quantitative estimate of drug-likeness (QED) is 0.198. The number of likely N-dealkylation sites (N-methyl/N-ethyl adjacent to an activating group) is 1. The number of hydrogen-bond acceptors (Lipinski definition) is 4. The summed E-state index contributed by atoms with van der Waals surface area (Å²) in [7, 11) is 0.142. The van der Waals surface area contributed by atoms with E-state index in [0.717, 1.165) is 37.1 Å². The predicted molar refractivity (Wildman–Crippen MR) is 133 cm³/mol. The van der Waals surface area contributed by atoms with Gasteiger partial charge in [-0.1, -0.05) is 12.1 Å². The monoisotopic (exact) mass is 552 g/mol. The Morgan fingerprint density at radius 1 is 1.23 bits per heavy atom. The minimum absolute atomic E-state index is 0. The summed E-state index contributed by atoms with van der Waals surface area (Å²) in [6.45, 7) is 9.35. The van der Waals surface area contributed by atoms with Crippen LogP contribution < -0.4 is 5.32 Å². The highest BCUT2D eigenvalue weighted by Gasteiger charge is 2.23. The third-order valence-corrected chi connectivity index (χ3v) is 7.10. The molecule has 9 heteroatoms. The summed E-state index contributed by atoms with van der Waals surface area (Å²) in [4.78, 5) is 7.05. The van der Waals surface area contributed by atoms with Gasteiger partial charge in [-0.25, -0.2) is 13.4 Å². The molecular weight excluding hydrogens is 515 g/mol. The van der Waals surface area contributed by atoms with Crippen molar-refractivity contribution in [3.8, 4) is 0 Å². The number of benzene rings is 1. The van der Waals surface area contributed by atoms with E-state index in [1.165, 1.54) is 17.1 Å². The molecule has 0 heterocycles. The van der Waals surface area contributed by atoms with Crippen molar-refractivity contribution in [1.82, 2.24) is 14.5 Å². The molecule has 1 saturated carbocycles. The second kappa shape index (κ2) is 12.8. The minimum Gasteiger partial charge on any atom is -0.379 e. The average Bonchev–Trinajstić information content (AvgIpc) is 3.52. The van der Waals surface area contributed by atoms with Gasteiger partial charge in [-0.05, 0) is 57.2 Å². The molecule has 2 rings (SSSR count). The van der Waals surface area contributed by atoms with Gasteiger partial charge >= 0.3 is 0 Å². The Bertz CT molecular complexity index is 765. The fraction of sp³-hybridized carbons (Fsp3) is 0.667. The minimum atomic E-state index is -3.46. The van der Waals surface area contributed by atoms with Crippen molar-refractivity contribution in [2.45, 2.75) is 51.1 Å². The van der Waals surface area contributed by atoms with Crippen LogP contribution in [-0.4, -0.2) is 70.0 Å². The van der Waals surface area contributed by atoms with Gasteiger partial charge in [0, 0.05) is 39.8 Å². The number of halogens is 1. The highest BCUT2D eigenvalue weighted by atomic mass is 127. The van der Waals surface area contributed by atoms with Crippen LogP contribution in [0, 0.1) is 5.92 Å². The van der Waals surface area contributed by atoms with Crippen molar-refractivity contribution in [1.29, 1.82) is 0 Å². The molecule has 0 spiro atoms. The van der Waals surface area contributed by atoms with Gasteiger partial charge in [0.25, 0.3) is 0 Å². The molecule has 0 bridgehead atoms. The first-order valence-electron chi connectivity index (χ1n) is 10.4. The largest absolute Gasteiger partial charge is 0.379 e. The van der Waals surface area contributed by atoms with Gasteiger partial charge in [0.2, 0.25) is 10.0 Å². The molecule has 0 atom stereocenters. The van der Waals surface area contributed by atoms with E-state index in [9.17, 15) is 8.42 Å². The molecule has 172 valence electrons. The maximum absolute atomic E-state index is 12.6. The maximum Gasteiger partial charge on any atom is 0.243 e. The van der Waals surface area contributed by atoms with Crippen LogP contribution in [0.4, 0.5) is 0 Å². The lowest BCUT2D eigenvalue weighted by Crippen LogP contribution is -2.40. The zero-order chi connectivity index (χ0) is 21.4. The standard InChI is InChI=1S/C21H36N4O3S.HI/c1-6-22-21(24(4)13-14-28-16-19-7-8-19)23-15-18-9-11-20(12-10-18)29(26,27)25(5)17(2)3;/h9-12,17,19H,6-8,13-16H2,1-5H3,(H,22,23);1H. The maximum atomic E-state index is 12.6. The number of nitrogens with zero attached hydrogens (tertiary/aromatic N) is 3. The molecule has 1 fully saturated rings. The summed E-state index contributed by atoms with van der Waals surface area (Å²) >= 11 is 0. The smallest absolute Gasteiger partial charge is 0.243 e.